The van der Waals surface area contributed by atoms with Crippen molar-refractivity contribution >= 4 is 5.78 Å². The summed E-state index contributed by atoms with van der Waals surface area (Å²) in [4.78, 5) is 12.9. The lowest BCUT2D eigenvalue weighted by atomic mass is 9.53. The monoisotopic (exact) mass is 341 g/mol. The van der Waals surface area contributed by atoms with Gasteiger partial charge in [0.15, 0.2) is 0 Å². The number of aryl methyl sites for hydroxylation is 1. The van der Waals surface area contributed by atoms with E-state index in [1.54, 1.807) is 7.11 Å². The highest BCUT2D eigenvalue weighted by atomic mass is 16.5. The lowest BCUT2D eigenvalue weighted by Crippen LogP contribution is -2.47. The summed E-state index contributed by atoms with van der Waals surface area (Å²) in [6.45, 7) is 4.40. The molecule has 1 aromatic carbocycles. The summed E-state index contributed by atoms with van der Waals surface area (Å²) in [5, 5.41) is 0. The summed E-state index contributed by atoms with van der Waals surface area (Å²) < 4.78 is 5.42. The molecule has 4 rings (SSSR count). The van der Waals surface area contributed by atoms with Gasteiger partial charge in [0.25, 0.3) is 0 Å². The summed E-state index contributed by atoms with van der Waals surface area (Å²) in [6.07, 6.45) is 6.12. The van der Waals surface area contributed by atoms with Crippen molar-refractivity contribution in [3.63, 3.8) is 0 Å². The maximum absolute atomic E-state index is 12.9. The van der Waals surface area contributed by atoms with E-state index in [0.717, 1.165) is 31.4 Å². The van der Waals surface area contributed by atoms with Crippen LogP contribution in [0.25, 0.3) is 0 Å². The molecule has 0 bridgehead atoms. The normalized spacial score (nSPS) is 37.8. The summed E-state index contributed by atoms with van der Waals surface area (Å²) >= 11 is 0. The number of carbonyl (C=O) groups is 1. The van der Waals surface area contributed by atoms with Crippen LogP contribution in [-0.4, -0.2) is 18.9 Å². The molecule has 3 heteroatoms. The molecule has 2 fully saturated rings. The molecule has 0 radical (unpaired) electrons. The molecule has 2 N–H and O–H groups in total. The van der Waals surface area contributed by atoms with E-state index in [1.807, 2.05) is 0 Å². The minimum Gasteiger partial charge on any atom is -0.497 e. The van der Waals surface area contributed by atoms with Gasteiger partial charge in [-0.25, -0.2) is 0 Å². The fraction of sp³-hybridized carbons (Fsp3) is 0.682. The van der Waals surface area contributed by atoms with Gasteiger partial charge < -0.3 is 10.5 Å². The van der Waals surface area contributed by atoms with Gasteiger partial charge in [-0.05, 0) is 79.0 Å². The van der Waals surface area contributed by atoms with E-state index in [4.69, 9.17) is 10.5 Å². The van der Waals surface area contributed by atoms with Crippen molar-refractivity contribution in [1.82, 2.24) is 0 Å². The molecule has 136 valence electrons. The van der Waals surface area contributed by atoms with Crippen molar-refractivity contribution in [2.45, 2.75) is 64.3 Å². The molecule has 2 saturated carbocycles. The Morgan fingerprint density at radius 3 is 2.88 bits per heavy atom. The number of ketones is 1. The van der Waals surface area contributed by atoms with E-state index in [0.29, 0.717) is 35.9 Å². The largest absolute Gasteiger partial charge is 0.497 e. The molecule has 0 saturated heterocycles. The first-order chi connectivity index (χ1) is 12.0. The first-order valence-corrected chi connectivity index (χ1v) is 9.95. The number of benzene rings is 1. The Bertz CT molecular complexity index is 685. The quantitative estimate of drug-likeness (QED) is 0.901. The van der Waals surface area contributed by atoms with Gasteiger partial charge in [-0.3, -0.25) is 4.79 Å². The summed E-state index contributed by atoms with van der Waals surface area (Å²) in [5.74, 6) is 3.46. The Labute approximate surface area is 151 Å². The minimum absolute atomic E-state index is 0.136. The molecule has 0 heterocycles. The summed E-state index contributed by atoms with van der Waals surface area (Å²) in [7, 11) is 1.74. The maximum atomic E-state index is 12.9. The number of hydrogen-bond donors (Lipinski definition) is 1. The number of carbonyl (C=O) groups excluding carboxylic acids is 1. The van der Waals surface area contributed by atoms with Crippen LogP contribution in [0.3, 0.4) is 0 Å². The van der Waals surface area contributed by atoms with Crippen LogP contribution in [0.15, 0.2) is 18.2 Å². The number of fused-ring (bicyclic) bond motifs is 5. The van der Waals surface area contributed by atoms with Crippen LogP contribution >= 0.6 is 0 Å². The van der Waals surface area contributed by atoms with Crippen molar-refractivity contribution in [1.29, 1.82) is 0 Å². The molecular weight excluding hydrogens is 310 g/mol. The van der Waals surface area contributed by atoms with Crippen LogP contribution < -0.4 is 10.5 Å². The second kappa shape index (κ2) is 6.12. The van der Waals surface area contributed by atoms with E-state index in [1.165, 1.54) is 17.5 Å². The van der Waals surface area contributed by atoms with Gasteiger partial charge in [0, 0.05) is 17.9 Å². The number of rotatable bonds is 3. The molecule has 3 nitrogen and oxygen atoms in total. The highest BCUT2D eigenvalue weighted by molar-refractivity contribution is 5.88. The van der Waals surface area contributed by atoms with Crippen LogP contribution in [0.4, 0.5) is 0 Å². The lowest BCUT2D eigenvalue weighted by Gasteiger charge is -2.50. The van der Waals surface area contributed by atoms with Gasteiger partial charge in [-0.1, -0.05) is 19.9 Å². The highest BCUT2D eigenvalue weighted by Gasteiger charge is 2.59. The van der Waals surface area contributed by atoms with Crippen molar-refractivity contribution in [3.05, 3.63) is 29.3 Å². The van der Waals surface area contributed by atoms with E-state index in [9.17, 15) is 4.79 Å². The molecule has 1 unspecified atom stereocenters. The van der Waals surface area contributed by atoms with Gasteiger partial charge in [0.05, 0.1) is 7.11 Å². The van der Waals surface area contributed by atoms with E-state index in [-0.39, 0.29) is 11.5 Å². The summed E-state index contributed by atoms with van der Waals surface area (Å²) in [5.41, 5.74) is 9.31. The van der Waals surface area contributed by atoms with Crippen LogP contribution in [-0.2, 0) is 11.2 Å². The molecule has 0 amide bonds. The number of Topliss-reactive ketones (excluding diaryl/α,β-unsaturated/α-hetero) is 1. The van der Waals surface area contributed by atoms with Gasteiger partial charge >= 0.3 is 0 Å². The number of nitrogens with two attached hydrogens (primary N) is 1. The van der Waals surface area contributed by atoms with Crippen LogP contribution in [0, 0.1) is 23.2 Å². The number of methoxy groups -OCH3 is 1. The van der Waals surface area contributed by atoms with Gasteiger partial charge in [-0.15, -0.1) is 0 Å². The molecule has 1 aromatic rings. The van der Waals surface area contributed by atoms with Crippen LogP contribution in [0.5, 0.6) is 5.75 Å². The molecule has 3 aliphatic rings. The average Bonchev–Trinajstić information content (AvgIpc) is 2.91. The van der Waals surface area contributed by atoms with Gasteiger partial charge in [0.2, 0.25) is 0 Å². The zero-order valence-electron chi connectivity index (χ0n) is 15.8. The first kappa shape index (κ1) is 17.1. The third-order valence-electron chi connectivity index (χ3n) is 7.73. The molecule has 25 heavy (non-hydrogen) atoms. The molecule has 0 aliphatic heterocycles. The van der Waals surface area contributed by atoms with Crippen molar-refractivity contribution in [2.24, 2.45) is 28.9 Å². The Balaban J connectivity index is 1.71. The topological polar surface area (TPSA) is 52.3 Å². The Morgan fingerprint density at radius 1 is 1.36 bits per heavy atom. The standard InChI is InChI=1S/C22H31NO2/c1-4-19(23)18-12-20(24)22(2)10-9-16-15-8-6-14(25-3)11-13(15)5-7-17(16)21(18)22/h6,8,11,16-19,21H,4-5,7,9-10,12,23H2,1-3H3/t16-,17-,18-,19?,21-,22-/m1/s1. The molecule has 6 atom stereocenters. The van der Waals surface area contributed by atoms with Crippen molar-refractivity contribution in [3.8, 4) is 5.75 Å². The van der Waals surface area contributed by atoms with Crippen LogP contribution in [0.2, 0.25) is 0 Å². The molecule has 0 aromatic heterocycles. The lowest BCUT2D eigenvalue weighted by molar-refractivity contribution is -0.129. The second-order valence-corrected chi connectivity index (χ2v) is 8.72. The van der Waals surface area contributed by atoms with E-state index in [2.05, 4.69) is 32.0 Å². The smallest absolute Gasteiger partial charge is 0.139 e. The Hall–Kier alpha value is -1.35. The SMILES string of the molecule is CCC(N)[C@H]1CC(=O)[C@@]2(C)CC[C@@H]3c4ccc(OC)cc4CC[C@H]3[C@H]12. The van der Waals surface area contributed by atoms with Crippen LogP contribution in [0.1, 0.15) is 63.0 Å². The van der Waals surface area contributed by atoms with E-state index < -0.39 is 0 Å². The third-order valence-corrected chi connectivity index (χ3v) is 7.73. The van der Waals surface area contributed by atoms with Gasteiger partial charge in [0.1, 0.15) is 11.5 Å². The maximum Gasteiger partial charge on any atom is 0.139 e. The molecule has 3 aliphatic carbocycles. The Kier molecular flexibility index (Phi) is 4.18. The first-order valence-electron chi connectivity index (χ1n) is 9.95. The van der Waals surface area contributed by atoms with Crippen molar-refractivity contribution < 1.29 is 9.53 Å². The Morgan fingerprint density at radius 2 is 2.16 bits per heavy atom. The predicted octanol–water partition coefficient (Wildman–Crippen LogP) is 4.08. The highest BCUT2D eigenvalue weighted by Crippen LogP contribution is 2.62. The molecule has 0 spiro atoms. The number of ether oxygens (including phenoxy) is 1. The average molecular weight is 341 g/mol. The van der Waals surface area contributed by atoms with Crippen molar-refractivity contribution in [2.75, 3.05) is 7.11 Å². The fourth-order valence-electron chi connectivity index (χ4n) is 6.35. The van der Waals surface area contributed by atoms with E-state index >= 15 is 0 Å². The zero-order valence-corrected chi connectivity index (χ0v) is 15.8. The fourth-order valence-corrected chi connectivity index (χ4v) is 6.35. The molecular formula is C22H31NO2. The second-order valence-electron chi connectivity index (χ2n) is 8.72. The number of hydrogen-bond acceptors (Lipinski definition) is 3. The summed E-state index contributed by atoms with van der Waals surface area (Å²) in [6, 6.07) is 6.75. The minimum atomic E-state index is -0.136. The van der Waals surface area contributed by atoms with Gasteiger partial charge in [-0.2, -0.15) is 0 Å². The zero-order chi connectivity index (χ0) is 17.8. The predicted molar refractivity (Wildman–Crippen MR) is 99.8 cm³/mol. The third kappa shape index (κ3) is 2.46.